The van der Waals surface area contributed by atoms with Crippen LogP contribution in [0.4, 0.5) is 0 Å². The molecule has 1 amide bonds. The second-order valence-corrected chi connectivity index (χ2v) is 5.14. The number of methoxy groups -OCH3 is 1. The summed E-state index contributed by atoms with van der Waals surface area (Å²) in [6.45, 7) is 0. The number of amides is 1. The van der Waals surface area contributed by atoms with Gasteiger partial charge < -0.3 is 15.2 Å². The van der Waals surface area contributed by atoms with Crippen LogP contribution in [0, 0.1) is 5.92 Å². The third kappa shape index (κ3) is 4.26. The van der Waals surface area contributed by atoms with Gasteiger partial charge in [-0.05, 0) is 36.5 Å². The average Bonchev–Trinajstić information content (AvgIpc) is 3.21. The predicted octanol–water partition coefficient (Wildman–Crippen LogP) is 1.61. The van der Waals surface area contributed by atoms with Crippen LogP contribution in [0.5, 0.6) is 5.75 Å². The zero-order valence-corrected chi connectivity index (χ0v) is 11.5. The van der Waals surface area contributed by atoms with E-state index >= 15 is 0 Å². The second kappa shape index (κ2) is 6.41. The van der Waals surface area contributed by atoms with Crippen LogP contribution < -0.4 is 10.1 Å². The zero-order chi connectivity index (χ0) is 14.5. The molecule has 1 aromatic carbocycles. The van der Waals surface area contributed by atoms with Gasteiger partial charge >= 0.3 is 5.97 Å². The largest absolute Gasteiger partial charge is 0.497 e. The maximum atomic E-state index is 12.0. The summed E-state index contributed by atoms with van der Waals surface area (Å²) in [5, 5.41) is 11.7. The summed E-state index contributed by atoms with van der Waals surface area (Å²) in [7, 11) is 1.58. The van der Waals surface area contributed by atoms with Crippen LogP contribution in [0.15, 0.2) is 24.3 Å². The number of nitrogens with one attached hydrogen (secondary N) is 1. The normalized spacial score (nSPS) is 15.4. The monoisotopic (exact) mass is 277 g/mol. The number of carbonyl (C=O) groups excluding carboxylic acids is 1. The molecule has 0 saturated heterocycles. The van der Waals surface area contributed by atoms with E-state index in [1.807, 2.05) is 24.3 Å². The molecule has 0 spiro atoms. The number of rotatable bonds is 7. The lowest BCUT2D eigenvalue weighted by Crippen LogP contribution is -2.38. The van der Waals surface area contributed by atoms with E-state index in [0.717, 1.165) is 18.4 Å². The van der Waals surface area contributed by atoms with Gasteiger partial charge in [-0.2, -0.15) is 0 Å². The average molecular weight is 277 g/mol. The van der Waals surface area contributed by atoms with Gasteiger partial charge in [0, 0.05) is 6.04 Å². The van der Waals surface area contributed by atoms with Crippen molar-refractivity contribution in [3.05, 3.63) is 29.8 Å². The molecule has 1 aliphatic rings. The van der Waals surface area contributed by atoms with Gasteiger partial charge in [-0.25, -0.2) is 0 Å². The van der Waals surface area contributed by atoms with Crippen molar-refractivity contribution in [2.75, 3.05) is 7.11 Å². The van der Waals surface area contributed by atoms with Gasteiger partial charge in [-0.1, -0.05) is 12.1 Å². The van der Waals surface area contributed by atoms with Crippen molar-refractivity contribution in [1.82, 2.24) is 5.32 Å². The molecule has 0 heterocycles. The van der Waals surface area contributed by atoms with Crippen molar-refractivity contribution in [1.29, 1.82) is 0 Å². The molecule has 1 saturated carbocycles. The summed E-state index contributed by atoms with van der Waals surface area (Å²) < 4.78 is 5.11. The molecule has 108 valence electrons. The van der Waals surface area contributed by atoms with Crippen molar-refractivity contribution in [3.63, 3.8) is 0 Å². The Kier molecular flexibility index (Phi) is 4.61. The van der Waals surface area contributed by atoms with Crippen molar-refractivity contribution >= 4 is 11.9 Å². The highest BCUT2D eigenvalue weighted by Crippen LogP contribution is 2.34. The van der Waals surface area contributed by atoms with Crippen molar-refractivity contribution in [2.24, 2.45) is 5.92 Å². The number of carboxylic acids is 1. The molecule has 5 nitrogen and oxygen atoms in total. The Morgan fingerprint density at radius 1 is 1.45 bits per heavy atom. The fourth-order valence-corrected chi connectivity index (χ4v) is 2.25. The number of benzene rings is 1. The first-order chi connectivity index (χ1) is 9.58. The van der Waals surface area contributed by atoms with E-state index < -0.39 is 5.97 Å². The van der Waals surface area contributed by atoms with E-state index in [1.165, 1.54) is 0 Å². The Balaban J connectivity index is 1.91. The van der Waals surface area contributed by atoms with Gasteiger partial charge in [0.2, 0.25) is 5.91 Å². The predicted molar refractivity (Wildman–Crippen MR) is 73.6 cm³/mol. The fraction of sp³-hybridized carbons (Fsp3) is 0.467. The summed E-state index contributed by atoms with van der Waals surface area (Å²) in [4.78, 5) is 22.8. The Morgan fingerprint density at radius 2 is 2.20 bits per heavy atom. The van der Waals surface area contributed by atoms with E-state index in [1.54, 1.807) is 7.11 Å². The Labute approximate surface area is 117 Å². The van der Waals surface area contributed by atoms with E-state index in [9.17, 15) is 9.59 Å². The third-order valence-electron chi connectivity index (χ3n) is 3.43. The number of hydrogen-bond acceptors (Lipinski definition) is 3. The summed E-state index contributed by atoms with van der Waals surface area (Å²) in [5.41, 5.74) is 0.853. The van der Waals surface area contributed by atoms with Crippen LogP contribution >= 0.6 is 0 Å². The molecule has 0 bridgehead atoms. The minimum absolute atomic E-state index is 0.00544. The quantitative estimate of drug-likeness (QED) is 0.794. The van der Waals surface area contributed by atoms with Gasteiger partial charge in [0.05, 0.1) is 20.0 Å². The van der Waals surface area contributed by atoms with Crippen LogP contribution in [-0.4, -0.2) is 30.1 Å². The summed E-state index contributed by atoms with van der Waals surface area (Å²) >= 11 is 0. The van der Waals surface area contributed by atoms with Gasteiger partial charge in [0.25, 0.3) is 0 Å². The van der Waals surface area contributed by atoms with Crippen molar-refractivity contribution < 1.29 is 19.4 Å². The molecule has 2 rings (SSSR count). The van der Waals surface area contributed by atoms with E-state index in [0.29, 0.717) is 11.7 Å². The van der Waals surface area contributed by atoms with Gasteiger partial charge in [0.1, 0.15) is 5.75 Å². The smallest absolute Gasteiger partial charge is 0.305 e. The molecule has 1 aliphatic carbocycles. The molecule has 1 fully saturated rings. The summed E-state index contributed by atoms with van der Waals surface area (Å²) in [5.74, 6) is 0.0138. The number of ether oxygens (including phenoxy) is 1. The van der Waals surface area contributed by atoms with Crippen LogP contribution in [0.1, 0.15) is 24.8 Å². The molecule has 20 heavy (non-hydrogen) atoms. The summed E-state index contributed by atoms with van der Waals surface area (Å²) in [6.07, 6.45) is 2.23. The SMILES string of the molecule is COc1cccc(CC(=O)NC(CC(=O)O)C2CC2)c1. The van der Waals surface area contributed by atoms with Crippen LogP contribution in [0.25, 0.3) is 0 Å². The maximum Gasteiger partial charge on any atom is 0.305 e. The molecule has 0 aromatic heterocycles. The van der Waals surface area contributed by atoms with E-state index in [4.69, 9.17) is 9.84 Å². The van der Waals surface area contributed by atoms with Crippen molar-refractivity contribution in [2.45, 2.75) is 31.7 Å². The van der Waals surface area contributed by atoms with Crippen molar-refractivity contribution in [3.8, 4) is 5.75 Å². The van der Waals surface area contributed by atoms with Gasteiger partial charge in [-0.3, -0.25) is 9.59 Å². The lowest BCUT2D eigenvalue weighted by Gasteiger charge is -2.16. The first-order valence-electron chi connectivity index (χ1n) is 6.72. The molecule has 2 N–H and O–H groups in total. The standard InChI is InChI=1S/C15H19NO4/c1-20-12-4-2-3-10(7-12)8-14(17)16-13(9-15(18)19)11-5-6-11/h2-4,7,11,13H,5-6,8-9H2,1H3,(H,16,17)(H,18,19). The molecule has 1 atom stereocenters. The topological polar surface area (TPSA) is 75.6 Å². The van der Waals surface area contributed by atoms with Gasteiger partial charge in [0.15, 0.2) is 0 Å². The van der Waals surface area contributed by atoms with Crippen LogP contribution in [-0.2, 0) is 16.0 Å². The number of carbonyl (C=O) groups is 2. The molecular weight excluding hydrogens is 258 g/mol. The molecule has 0 radical (unpaired) electrons. The zero-order valence-electron chi connectivity index (χ0n) is 11.5. The Bertz CT molecular complexity index is 496. The van der Waals surface area contributed by atoms with Crippen LogP contribution in [0.3, 0.4) is 0 Å². The first-order valence-corrected chi connectivity index (χ1v) is 6.72. The minimum atomic E-state index is -0.872. The fourth-order valence-electron chi connectivity index (χ4n) is 2.25. The highest BCUT2D eigenvalue weighted by Gasteiger charge is 2.33. The second-order valence-electron chi connectivity index (χ2n) is 5.14. The number of hydrogen-bond donors (Lipinski definition) is 2. The van der Waals surface area contributed by atoms with E-state index in [-0.39, 0.29) is 24.8 Å². The highest BCUT2D eigenvalue weighted by molar-refractivity contribution is 5.80. The highest BCUT2D eigenvalue weighted by atomic mass is 16.5. The third-order valence-corrected chi connectivity index (χ3v) is 3.43. The molecular formula is C15H19NO4. The lowest BCUT2D eigenvalue weighted by atomic mass is 10.1. The Morgan fingerprint density at radius 3 is 2.80 bits per heavy atom. The maximum absolute atomic E-state index is 12.0. The molecule has 1 unspecified atom stereocenters. The molecule has 0 aliphatic heterocycles. The minimum Gasteiger partial charge on any atom is -0.497 e. The van der Waals surface area contributed by atoms with Gasteiger partial charge in [-0.15, -0.1) is 0 Å². The summed E-state index contributed by atoms with van der Waals surface area (Å²) in [6, 6.07) is 7.06. The Hall–Kier alpha value is -2.04. The first kappa shape index (κ1) is 14.4. The molecule has 5 heteroatoms. The van der Waals surface area contributed by atoms with E-state index in [2.05, 4.69) is 5.32 Å². The van der Waals surface area contributed by atoms with Crippen LogP contribution in [0.2, 0.25) is 0 Å². The number of aliphatic carboxylic acids is 1. The molecule has 1 aromatic rings. The number of carboxylic acid groups (broad SMARTS) is 1. The lowest BCUT2D eigenvalue weighted by molar-refractivity contribution is -0.137.